The molecule has 2 rings (SSSR count). The second kappa shape index (κ2) is 5.86. The van der Waals surface area contributed by atoms with Crippen LogP contribution in [-0.4, -0.2) is 23.0 Å². The monoisotopic (exact) mass is 245 g/mol. The fourth-order valence-corrected chi connectivity index (χ4v) is 1.58. The number of anilines is 1. The van der Waals surface area contributed by atoms with E-state index in [1.807, 2.05) is 24.3 Å². The van der Waals surface area contributed by atoms with E-state index < -0.39 is 0 Å². The number of aromatic nitrogens is 2. The third kappa shape index (κ3) is 3.35. The van der Waals surface area contributed by atoms with Gasteiger partial charge in [-0.25, -0.2) is 4.98 Å². The number of carbonyl (C=O) groups excluding carboxylic acids is 1. The van der Waals surface area contributed by atoms with Crippen LogP contribution < -0.4 is 10.1 Å². The van der Waals surface area contributed by atoms with Gasteiger partial charge in [0.1, 0.15) is 5.75 Å². The van der Waals surface area contributed by atoms with Crippen molar-refractivity contribution in [3.05, 3.63) is 42.2 Å². The Morgan fingerprint density at radius 1 is 1.39 bits per heavy atom. The lowest BCUT2D eigenvalue weighted by atomic mass is 10.1. The van der Waals surface area contributed by atoms with Crippen LogP contribution in [0.3, 0.4) is 0 Å². The van der Waals surface area contributed by atoms with E-state index in [2.05, 4.69) is 15.3 Å². The third-order valence-electron chi connectivity index (χ3n) is 2.56. The number of imidazole rings is 1. The molecule has 0 aliphatic rings. The highest BCUT2D eigenvalue weighted by molar-refractivity contribution is 5.89. The topological polar surface area (TPSA) is 67.0 Å². The van der Waals surface area contributed by atoms with Crippen molar-refractivity contribution >= 4 is 11.9 Å². The van der Waals surface area contributed by atoms with Crippen molar-refractivity contribution in [1.29, 1.82) is 0 Å². The van der Waals surface area contributed by atoms with Gasteiger partial charge < -0.3 is 9.72 Å². The van der Waals surface area contributed by atoms with Crippen LogP contribution in [0, 0.1) is 0 Å². The second-order valence-corrected chi connectivity index (χ2v) is 3.83. The molecule has 0 aliphatic heterocycles. The number of rotatable bonds is 5. The van der Waals surface area contributed by atoms with Crippen LogP contribution in [0.1, 0.15) is 12.0 Å². The zero-order valence-electron chi connectivity index (χ0n) is 10.1. The Morgan fingerprint density at radius 2 is 2.17 bits per heavy atom. The number of hydrogen-bond acceptors (Lipinski definition) is 3. The van der Waals surface area contributed by atoms with Gasteiger partial charge in [-0.2, -0.15) is 0 Å². The Hall–Kier alpha value is -2.30. The number of methoxy groups -OCH3 is 1. The van der Waals surface area contributed by atoms with E-state index in [1.165, 1.54) is 0 Å². The van der Waals surface area contributed by atoms with Crippen molar-refractivity contribution in [2.24, 2.45) is 0 Å². The highest BCUT2D eigenvalue weighted by Gasteiger charge is 2.04. The van der Waals surface area contributed by atoms with Gasteiger partial charge in [0.15, 0.2) is 0 Å². The maximum Gasteiger partial charge on any atom is 0.227 e. The van der Waals surface area contributed by atoms with Crippen LogP contribution in [0.25, 0.3) is 0 Å². The molecule has 0 saturated carbocycles. The van der Waals surface area contributed by atoms with Crippen LogP contribution in [0.15, 0.2) is 36.7 Å². The zero-order chi connectivity index (χ0) is 12.8. The molecule has 2 N–H and O–H groups in total. The molecule has 0 bridgehead atoms. The largest absolute Gasteiger partial charge is 0.497 e. The maximum absolute atomic E-state index is 11.6. The van der Waals surface area contributed by atoms with Crippen molar-refractivity contribution < 1.29 is 9.53 Å². The summed E-state index contributed by atoms with van der Waals surface area (Å²) < 4.78 is 5.07. The number of aryl methyl sites for hydroxylation is 1. The van der Waals surface area contributed by atoms with Gasteiger partial charge in [0, 0.05) is 18.8 Å². The number of amides is 1. The lowest BCUT2D eigenvalue weighted by Gasteiger charge is -2.04. The van der Waals surface area contributed by atoms with E-state index in [4.69, 9.17) is 4.74 Å². The van der Waals surface area contributed by atoms with Gasteiger partial charge in [-0.15, -0.1) is 0 Å². The molecular formula is C13H15N3O2. The SMILES string of the molecule is COc1ccc(CCC(=O)Nc2ncc[nH]2)cc1. The van der Waals surface area contributed by atoms with Crippen molar-refractivity contribution in [1.82, 2.24) is 9.97 Å². The van der Waals surface area contributed by atoms with Gasteiger partial charge in [0.05, 0.1) is 7.11 Å². The first-order valence-electron chi connectivity index (χ1n) is 5.70. The zero-order valence-corrected chi connectivity index (χ0v) is 10.1. The van der Waals surface area contributed by atoms with Crippen LogP contribution in [0.2, 0.25) is 0 Å². The van der Waals surface area contributed by atoms with Crippen molar-refractivity contribution in [3.63, 3.8) is 0 Å². The average Bonchev–Trinajstić information content (AvgIpc) is 2.90. The summed E-state index contributed by atoms with van der Waals surface area (Å²) in [5, 5.41) is 2.68. The molecule has 0 saturated heterocycles. The lowest BCUT2D eigenvalue weighted by molar-refractivity contribution is -0.116. The Bertz CT molecular complexity index is 491. The molecule has 2 aromatic rings. The summed E-state index contributed by atoms with van der Waals surface area (Å²) in [5.74, 6) is 1.24. The summed E-state index contributed by atoms with van der Waals surface area (Å²) in [7, 11) is 1.63. The number of aromatic amines is 1. The minimum atomic E-state index is -0.0548. The molecule has 0 fully saturated rings. The van der Waals surface area contributed by atoms with Crippen LogP contribution in [-0.2, 0) is 11.2 Å². The number of ether oxygens (including phenoxy) is 1. The lowest BCUT2D eigenvalue weighted by Crippen LogP contribution is -2.13. The number of nitrogens with zero attached hydrogens (tertiary/aromatic N) is 1. The first-order chi connectivity index (χ1) is 8.78. The standard InChI is InChI=1S/C13H15N3O2/c1-18-11-5-2-10(3-6-11)4-7-12(17)16-13-14-8-9-15-13/h2-3,5-6,8-9H,4,7H2,1H3,(H2,14,15,16,17). The number of nitrogens with one attached hydrogen (secondary N) is 2. The minimum Gasteiger partial charge on any atom is -0.497 e. The van der Waals surface area contributed by atoms with Gasteiger partial charge in [-0.3, -0.25) is 10.1 Å². The number of carbonyl (C=O) groups is 1. The van der Waals surface area contributed by atoms with Gasteiger partial charge in [-0.05, 0) is 24.1 Å². The molecule has 0 atom stereocenters. The number of H-pyrrole nitrogens is 1. The Morgan fingerprint density at radius 3 is 2.78 bits per heavy atom. The molecule has 1 heterocycles. The molecule has 1 aromatic carbocycles. The van der Waals surface area contributed by atoms with Crippen molar-refractivity contribution in [2.75, 3.05) is 12.4 Å². The summed E-state index contributed by atoms with van der Waals surface area (Å²) in [4.78, 5) is 18.4. The highest BCUT2D eigenvalue weighted by atomic mass is 16.5. The van der Waals surface area contributed by atoms with Crippen LogP contribution in [0.4, 0.5) is 5.95 Å². The number of benzene rings is 1. The molecule has 0 aliphatic carbocycles. The quantitative estimate of drug-likeness (QED) is 0.846. The fraction of sp³-hybridized carbons (Fsp3) is 0.231. The van der Waals surface area contributed by atoms with Gasteiger partial charge >= 0.3 is 0 Å². The molecular weight excluding hydrogens is 230 g/mol. The summed E-state index contributed by atoms with van der Waals surface area (Å²) in [6, 6.07) is 7.69. The van der Waals surface area contributed by atoms with E-state index in [9.17, 15) is 4.79 Å². The summed E-state index contributed by atoms with van der Waals surface area (Å²) in [5.41, 5.74) is 1.10. The normalized spacial score (nSPS) is 10.1. The molecule has 94 valence electrons. The first-order valence-corrected chi connectivity index (χ1v) is 5.70. The summed E-state index contributed by atoms with van der Waals surface area (Å²) in [6.07, 6.45) is 4.38. The van der Waals surface area contributed by atoms with E-state index in [0.29, 0.717) is 18.8 Å². The molecule has 0 unspecified atom stereocenters. The second-order valence-electron chi connectivity index (χ2n) is 3.83. The Labute approximate surface area is 105 Å². The van der Waals surface area contributed by atoms with E-state index in [1.54, 1.807) is 19.5 Å². The Balaban J connectivity index is 1.81. The van der Waals surface area contributed by atoms with E-state index >= 15 is 0 Å². The predicted octanol–water partition coefficient (Wildman–Crippen LogP) is 1.99. The number of hydrogen-bond donors (Lipinski definition) is 2. The molecule has 18 heavy (non-hydrogen) atoms. The molecule has 1 amide bonds. The molecule has 0 radical (unpaired) electrons. The smallest absolute Gasteiger partial charge is 0.227 e. The first kappa shape index (κ1) is 12.2. The van der Waals surface area contributed by atoms with Gasteiger partial charge in [-0.1, -0.05) is 12.1 Å². The maximum atomic E-state index is 11.6. The summed E-state index contributed by atoms with van der Waals surface area (Å²) >= 11 is 0. The minimum absolute atomic E-state index is 0.0548. The van der Waals surface area contributed by atoms with Crippen LogP contribution >= 0.6 is 0 Å². The van der Waals surface area contributed by atoms with E-state index in [0.717, 1.165) is 11.3 Å². The van der Waals surface area contributed by atoms with Gasteiger partial charge in [0.25, 0.3) is 0 Å². The Kier molecular flexibility index (Phi) is 3.96. The van der Waals surface area contributed by atoms with E-state index in [-0.39, 0.29) is 5.91 Å². The molecule has 5 heteroatoms. The third-order valence-corrected chi connectivity index (χ3v) is 2.56. The van der Waals surface area contributed by atoms with Crippen molar-refractivity contribution in [3.8, 4) is 5.75 Å². The molecule has 0 spiro atoms. The fourth-order valence-electron chi connectivity index (χ4n) is 1.58. The average molecular weight is 245 g/mol. The molecule has 5 nitrogen and oxygen atoms in total. The molecule has 1 aromatic heterocycles. The van der Waals surface area contributed by atoms with Crippen LogP contribution in [0.5, 0.6) is 5.75 Å². The highest BCUT2D eigenvalue weighted by Crippen LogP contribution is 2.12. The van der Waals surface area contributed by atoms with Crippen molar-refractivity contribution in [2.45, 2.75) is 12.8 Å². The predicted molar refractivity (Wildman–Crippen MR) is 68.5 cm³/mol. The summed E-state index contributed by atoms with van der Waals surface area (Å²) in [6.45, 7) is 0. The van der Waals surface area contributed by atoms with Gasteiger partial charge in [0.2, 0.25) is 11.9 Å².